The highest BCUT2D eigenvalue weighted by Gasteiger charge is 2.11. The molecular formula is C11H8ClNO2S2. The second kappa shape index (κ2) is 5.53. The topological polar surface area (TPSA) is 50.2 Å². The van der Waals surface area contributed by atoms with E-state index in [-0.39, 0.29) is 0 Å². The van der Waals surface area contributed by atoms with Crippen LogP contribution in [-0.2, 0) is 5.75 Å². The first kappa shape index (κ1) is 12.4. The molecule has 0 radical (unpaired) electrons. The van der Waals surface area contributed by atoms with Gasteiger partial charge in [-0.05, 0) is 29.1 Å². The molecule has 88 valence electrons. The fraction of sp³-hybridized carbons (Fsp3) is 0.0909. The van der Waals surface area contributed by atoms with Crippen LogP contribution in [0.1, 0.15) is 15.2 Å². The molecule has 2 aromatic heterocycles. The van der Waals surface area contributed by atoms with Crippen LogP contribution in [0.25, 0.3) is 0 Å². The van der Waals surface area contributed by atoms with Crippen molar-refractivity contribution in [3.63, 3.8) is 0 Å². The van der Waals surface area contributed by atoms with Gasteiger partial charge in [0.25, 0.3) is 0 Å². The van der Waals surface area contributed by atoms with E-state index < -0.39 is 5.97 Å². The van der Waals surface area contributed by atoms with Crippen LogP contribution in [0.5, 0.6) is 0 Å². The lowest BCUT2D eigenvalue weighted by Crippen LogP contribution is -1.93. The van der Waals surface area contributed by atoms with Gasteiger partial charge in [0.15, 0.2) is 0 Å². The second-order valence-electron chi connectivity index (χ2n) is 3.19. The Balaban J connectivity index is 2.07. The molecule has 2 aromatic rings. The van der Waals surface area contributed by atoms with Gasteiger partial charge in [-0.25, -0.2) is 9.78 Å². The van der Waals surface area contributed by atoms with E-state index in [2.05, 4.69) is 4.98 Å². The molecule has 0 saturated carbocycles. The summed E-state index contributed by atoms with van der Waals surface area (Å²) in [5.74, 6) is -0.200. The predicted molar refractivity (Wildman–Crippen MR) is 70.1 cm³/mol. The zero-order valence-corrected chi connectivity index (χ0v) is 11.0. The average molecular weight is 286 g/mol. The van der Waals surface area contributed by atoms with Crippen molar-refractivity contribution in [1.82, 2.24) is 4.98 Å². The van der Waals surface area contributed by atoms with Gasteiger partial charge in [-0.2, -0.15) is 0 Å². The van der Waals surface area contributed by atoms with Crippen LogP contribution >= 0.6 is 34.7 Å². The van der Waals surface area contributed by atoms with Crippen LogP contribution in [0.4, 0.5) is 0 Å². The van der Waals surface area contributed by atoms with Crippen molar-refractivity contribution in [3.05, 3.63) is 45.4 Å². The highest BCUT2D eigenvalue weighted by molar-refractivity contribution is 7.98. The number of hydrogen-bond donors (Lipinski definition) is 1. The average Bonchev–Trinajstić information content (AvgIpc) is 2.74. The lowest BCUT2D eigenvalue weighted by Gasteiger charge is -2.01. The van der Waals surface area contributed by atoms with Gasteiger partial charge in [-0.3, -0.25) is 0 Å². The van der Waals surface area contributed by atoms with Gasteiger partial charge in [-0.15, -0.1) is 23.1 Å². The third-order valence-electron chi connectivity index (χ3n) is 2.01. The first-order valence-electron chi connectivity index (χ1n) is 4.71. The molecule has 0 spiro atoms. The van der Waals surface area contributed by atoms with Crippen molar-refractivity contribution < 1.29 is 9.90 Å². The fourth-order valence-electron chi connectivity index (χ4n) is 1.26. The number of carboxylic acids is 1. The van der Waals surface area contributed by atoms with Crippen molar-refractivity contribution in [2.75, 3.05) is 0 Å². The smallest absolute Gasteiger partial charge is 0.347 e. The molecule has 3 nitrogen and oxygen atoms in total. The van der Waals surface area contributed by atoms with Crippen molar-refractivity contribution in [2.45, 2.75) is 10.6 Å². The lowest BCUT2D eigenvalue weighted by molar-refractivity contribution is 0.0699. The Hall–Kier alpha value is -1.04. The van der Waals surface area contributed by atoms with Gasteiger partial charge in [0.2, 0.25) is 0 Å². The third kappa shape index (κ3) is 3.21. The summed E-state index contributed by atoms with van der Waals surface area (Å²) < 4.78 is 0. The Labute approximate surface area is 111 Å². The van der Waals surface area contributed by atoms with E-state index >= 15 is 0 Å². The van der Waals surface area contributed by atoms with Crippen LogP contribution in [-0.4, -0.2) is 16.1 Å². The van der Waals surface area contributed by atoms with E-state index in [1.165, 1.54) is 23.1 Å². The molecule has 1 N–H and O–H groups in total. The van der Waals surface area contributed by atoms with Crippen LogP contribution in [0.3, 0.4) is 0 Å². The highest BCUT2D eigenvalue weighted by atomic mass is 35.5. The van der Waals surface area contributed by atoms with Crippen molar-refractivity contribution in [3.8, 4) is 0 Å². The van der Waals surface area contributed by atoms with E-state index in [1.807, 2.05) is 12.1 Å². The second-order valence-corrected chi connectivity index (χ2v) is 5.52. The molecule has 0 aliphatic carbocycles. The number of thiophene rings is 1. The minimum Gasteiger partial charge on any atom is -0.477 e. The maximum absolute atomic E-state index is 10.9. The first-order valence-corrected chi connectivity index (χ1v) is 6.95. The van der Waals surface area contributed by atoms with E-state index in [9.17, 15) is 4.79 Å². The van der Waals surface area contributed by atoms with E-state index in [4.69, 9.17) is 16.7 Å². The van der Waals surface area contributed by atoms with Crippen LogP contribution in [0.15, 0.2) is 34.7 Å². The number of nitrogens with zero attached hydrogens (tertiary/aromatic N) is 1. The molecule has 0 unspecified atom stereocenters. The van der Waals surface area contributed by atoms with Gasteiger partial charge < -0.3 is 5.11 Å². The number of halogens is 1. The zero-order chi connectivity index (χ0) is 12.3. The molecule has 0 aliphatic heterocycles. The molecule has 0 aliphatic rings. The molecule has 0 bridgehead atoms. The fourth-order valence-corrected chi connectivity index (χ4v) is 3.37. The molecule has 0 aromatic carbocycles. The van der Waals surface area contributed by atoms with Crippen molar-refractivity contribution in [1.29, 1.82) is 0 Å². The molecule has 2 heterocycles. The summed E-state index contributed by atoms with van der Waals surface area (Å²) in [6, 6.07) is 5.47. The van der Waals surface area contributed by atoms with Gasteiger partial charge in [-0.1, -0.05) is 11.6 Å². The third-order valence-corrected chi connectivity index (χ3v) is 4.38. The Morgan fingerprint density at radius 3 is 3.06 bits per heavy atom. The van der Waals surface area contributed by atoms with Gasteiger partial charge >= 0.3 is 5.97 Å². The molecule has 0 fully saturated rings. The van der Waals surface area contributed by atoms with Crippen LogP contribution in [0.2, 0.25) is 5.15 Å². The maximum atomic E-state index is 10.9. The molecule has 6 heteroatoms. The Bertz CT molecular complexity index is 542. The predicted octanol–water partition coefficient (Wildman–Crippen LogP) is 3.79. The highest BCUT2D eigenvalue weighted by Crippen LogP contribution is 2.30. The number of hydrogen-bond acceptors (Lipinski definition) is 4. The van der Waals surface area contributed by atoms with Crippen LogP contribution in [0, 0.1) is 0 Å². The Kier molecular flexibility index (Phi) is 4.04. The van der Waals surface area contributed by atoms with Crippen LogP contribution < -0.4 is 0 Å². The van der Waals surface area contributed by atoms with Gasteiger partial charge in [0.05, 0.1) is 0 Å². The van der Waals surface area contributed by atoms with E-state index in [0.29, 0.717) is 15.8 Å². The van der Waals surface area contributed by atoms with E-state index in [0.717, 1.165) is 10.5 Å². The number of thioether (sulfide) groups is 1. The number of pyridine rings is 1. The number of rotatable bonds is 4. The summed E-state index contributed by atoms with van der Waals surface area (Å²) in [7, 11) is 0. The molecule has 2 rings (SSSR count). The van der Waals surface area contributed by atoms with Crippen molar-refractivity contribution in [2.24, 2.45) is 0 Å². The summed E-state index contributed by atoms with van der Waals surface area (Å²) in [5, 5.41) is 11.2. The summed E-state index contributed by atoms with van der Waals surface area (Å²) >= 11 is 8.50. The van der Waals surface area contributed by atoms with Gasteiger partial charge in [0, 0.05) is 16.8 Å². The monoisotopic (exact) mass is 285 g/mol. The molecule has 0 saturated heterocycles. The quantitative estimate of drug-likeness (QED) is 0.686. The van der Waals surface area contributed by atoms with Crippen molar-refractivity contribution >= 4 is 40.7 Å². The number of carboxylic acid groups (broad SMARTS) is 1. The minimum absolute atomic E-state index is 0.384. The summed E-state index contributed by atoms with van der Waals surface area (Å²) in [6.45, 7) is 0. The summed E-state index contributed by atoms with van der Waals surface area (Å²) in [4.78, 5) is 16.0. The Morgan fingerprint density at radius 1 is 1.53 bits per heavy atom. The molecule has 0 atom stereocenters. The molecule has 17 heavy (non-hydrogen) atoms. The minimum atomic E-state index is -0.879. The lowest BCUT2D eigenvalue weighted by atomic mass is 10.3. The summed E-state index contributed by atoms with van der Waals surface area (Å²) in [5.41, 5.74) is 1.03. The standard InChI is InChI=1S/C11H8ClNO2S2/c12-9-5-7(1-3-13-9)6-17-8-2-4-16-10(8)11(14)15/h1-5H,6H2,(H,14,15). The SMILES string of the molecule is O=C(O)c1sccc1SCc1ccnc(Cl)c1. The maximum Gasteiger partial charge on any atom is 0.347 e. The summed E-state index contributed by atoms with van der Waals surface area (Å²) in [6.07, 6.45) is 1.64. The zero-order valence-electron chi connectivity index (χ0n) is 8.59. The number of carbonyl (C=O) groups is 1. The number of aromatic carboxylic acids is 1. The van der Waals surface area contributed by atoms with E-state index in [1.54, 1.807) is 17.6 Å². The van der Waals surface area contributed by atoms with Gasteiger partial charge in [0.1, 0.15) is 10.0 Å². The molecular weight excluding hydrogens is 278 g/mol. The molecule has 0 amide bonds. The normalized spacial score (nSPS) is 10.4. The largest absolute Gasteiger partial charge is 0.477 e. The Morgan fingerprint density at radius 2 is 2.35 bits per heavy atom. The first-order chi connectivity index (χ1) is 8.16. The number of aromatic nitrogens is 1.